The van der Waals surface area contributed by atoms with E-state index in [1.54, 1.807) is 12.1 Å². The van der Waals surface area contributed by atoms with Gasteiger partial charge in [-0.05, 0) is 48.9 Å². The normalized spacial score (nSPS) is 18.4. The molecule has 2 aliphatic rings. The Kier molecular flexibility index (Phi) is 3.55. The lowest BCUT2D eigenvalue weighted by Crippen LogP contribution is -2.27. The van der Waals surface area contributed by atoms with Crippen LogP contribution in [0.4, 0.5) is 11.4 Å². The van der Waals surface area contributed by atoms with Crippen molar-refractivity contribution in [2.75, 3.05) is 5.32 Å². The lowest BCUT2D eigenvalue weighted by Gasteiger charge is -2.16. The van der Waals surface area contributed by atoms with E-state index in [9.17, 15) is 20.2 Å². The summed E-state index contributed by atoms with van der Waals surface area (Å²) in [7, 11) is 0. The van der Waals surface area contributed by atoms with Gasteiger partial charge in [0.25, 0.3) is 5.69 Å². The van der Waals surface area contributed by atoms with E-state index in [0.717, 1.165) is 36.8 Å². The average molecular weight is 347 g/mol. The Hall–Kier alpha value is -3.20. The molecule has 0 saturated heterocycles. The Morgan fingerprint density at radius 1 is 1.00 bits per heavy atom. The molecule has 2 aromatic carbocycles. The number of carbonyl (C=O) groups excluding carboxylic acids is 1. The van der Waals surface area contributed by atoms with Crippen LogP contribution in [0.15, 0.2) is 48.5 Å². The van der Waals surface area contributed by atoms with Gasteiger partial charge in [-0.15, -0.1) is 0 Å². The molecule has 0 aliphatic heterocycles. The van der Waals surface area contributed by atoms with Gasteiger partial charge in [-0.25, -0.2) is 0 Å². The number of rotatable bonds is 5. The standard InChI is InChI=1S/C20H17N3O3/c21-13-19(9-10-19)14-1-5-16(6-2-14)22-18(24)20(11-12-20)15-3-7-17(8-4-15)23(25)26/h1-8H,9-12H2,(H,22,24). The maximum absolute atomic E-state index is 12.8. The van der Waals surface area contributed by atoms with Gasteiger partial charge < -0.3 is 5.32 Å². The minimum atomic E-state index is -0.599. The second-order valence-electron chi connectivity index (χ2n) is 7.11. The average Bonchev–Trinajstić information content (AvgIpc) is 3.56. The number of anilines is 1. The van der Waals surface area contributed by atoms with Crippen molar-refractivity contribution in [3.8, 4) is 6.07 Å². The van der Waals surface area contributed by atoms with Gasteiger partial charge in [-0.3, -0.25) is 14.9 Å². The third-order valence-corrected chi connectivity index (χ3v) is 5.47. The molecule has 0 bridgehead atoms. The summed E-state index contributed by atoms with van der Waals surface area (Å²) in [5, 5.41) is 23.0. The Morgan fingerprint density at radius 3 is 2.04 bits per heavy atom. The van der Waals surface area contributed by atoms with Crippen LogP contribution in [-0.4, -0.2) is 10.8 Å². The molecule has 26 heavy (non-hydrogen) atoms. The molecule has 2 aliphatic carbocycles. The number of nitriles is 1. The van der Waals surface area contributed by atoms with Crippen molar-refractivity contribution in [2.45, 2.75) is 36.5 Å². The van der Waals surface area contributed by atoms with Crippen molar-refractivity contribution in [2.24, 2.45) is 0 Å². The van der Waals surface area contributed by atoms with Crippen molar-refractivity contribution >= 4 is 17.3 Å². The summed E-state index contributed by atoms with van der Waals surface area (Å²) in [6.07, 6.45) is 3.23. The molecule has 0 heterocycles. The Morgan fingerprint density at radius 2 is 1.58 bits per heavy atom. The molecule has 4 rings (SSSR count). The van der Waals surface area contributed by atoms with Crippen molar-refractivity contribution in [3.05, 3.63) is 69.8 Å². The fourth-order valence-electron chi connectivity index (χ4n) is 3.39. The molecular weight excluding hydrogens is 330 g/mol. The Bertz CT molecular complexity index is 918. The number of nitrogens with one attached hydrogen (secondary N) is 1. The summed E-state index contributed by atoms with van der Waals surface area (Å²) in [6, 6.07) is 16.0. The van der Waals surface area contributed by atoms with Gasteiger partial charge >= 0.3 is 0 Å². The topological polar surface area (TPSA) is 96.0 Å². The molecule has 0 spiro atoms. The SMILES string of the molecule is N#CC1(c2ccc(NC(=O)C3(c4ccc([N+](=O)[O-])cc4)CC3)cc2)CC1. The molecule has 1 N–H and O–H groups in total. The lowest BCUT2D eigenvalue weighted by atomic mass is 9.94. The summed E-state index contributed by atoms with van der Waals surface area (Å²) >= 11 is 0. The third kappa shape index (κ3) is 2.62. The highest BCUT2D eigenvalue weighted by Crippen LogP contribution is 2.50. The van der Waals surface area contributed by atoms with Crippen LogP contribution < -0.4 is 5.32 Å². The Labute approximate surface area is 150 Å². The lowest BCUT2D eigenvalue weighted by molar-refractivity contribution is -0.384. The van der Waals surface area contributed by atoms with Crippen LogP contribution in [0, 0.1) is 21.4 Å². The van der Waals surface area contributed by atoms with Crippen LogP contribution in [0.2, 0.25) is 0 Å². The van der Waals surface area contributed by atoms with Gasteiger partial charge in [-0.2, -0.15) is 5.26 Å². The predicted octanol–water partition coefficient (Wildman–Crippen LogP) is 3.82. The first-order valence-electron chi connectivity index (χ1n) is 8.57. The molecule has 0 unspecified atom stereocenters. The van der Waals surface area contributed by atoms with Crippen molar-refractivity contribution in [1.29, 1.82) is 5.26 Å². The first kappa shape index (κ1) is 16.3. The first-order valence-corrected chi connectivity index (χ1v) is 8.57. The van der Waals surface area contributed by atoms with Crippen LogP contribution in [-0.2, 0) is 15.6 Å². The maximum atomic E-state index is 12.8. The molecule has 1 amide bonds. The Balaban J connectivity index is 1.49. The minimum absolute atomic E-state index is 0.0204. The van der Waals surface area contributed by atoms with Crippen LogP contribution in [0.3, 0.4) is 0 Å². The highest BCUT2D eigenvalue weighted by Gasteiger charge is 2.51. The number of nitro groups is 1. The number of nitrogens with zero attached hydrogens (tertiary/aromatic N) is 2. The van der Waals surface area contributed by atoms with E-state index in [0.29, 0.717) is 5.69 Å². The van der Waals surface area contributed by atoms with Gasteiger partial charge in [0.2, 0.25) is 5.91 Å². The number of hydrogen-bond donors (Lipinski definition) is 1. The van der Waals surface area contributed by atoms with Gasteiger partial charge in [-0.1, -0.05) is 24.3 Å². The third-order valence-electron chi connectivity index (χ3n) is 5.47. The summed E-state index contributed by atoms with van der Waals surface area (Å²) in [4.78, 5) is 23.1. The zero-order valence-corrected chi connectivity index (χ0v) is 14.1. The van der Waals surface area contributed by atoms with Crippen molar-refractivity contribution in [3.63, 3.8) is 0 Å². The van der Waals surface area contributed by atoms with E-state index in [4.69, 9.17) is 0 Å². The molecule has 0 aromatic heterocycles. The largest absolute Gasteiger partial charge is 0.325 e. The fourth-order valence-corrected chi connectivity index (χ4v) is 3.39. The fraction of sp³-hybridized carbons (Fsp3) is 0.300. The first-order chi connectivity index (χ1) is 12.5. The second kappa shape index (κ2) is 5.67. The highest BCUT2D eigenvalue weighted by molar-refractivity contribution is 6.01. The van der Waals surface area contributed by atoms with E-state index in [1.807, 2.05) is 24.3 Å². The van der Waals surface area contributed by atoms with Gasteiger partial charge in [0.15, 0.2) is 0 Å². The van der Waals surface area contributed by atoms with Crippen molar-refractivity contribution in [1.82, 2.24) is 0 Å². The quantitative estimate of drug-likeness (QED) is 0.657. The molecule has 6 nitrogen and oxygen atoms in total. The highest BCUT2D eigenvalue weighted by atomic mass is 16.6. The van der Waals surface area contributed by atoms with Crippen LogP contribution in [0.5, 0.6) is 0 Å². The zero-order valence-electron chi connectivity index (χ0n) is 14.1. The molecule has 6 heteroatoms. The monoisotopic (exact) mass is 347 g/mol. The second-order valence-corrected chi connectivity index (χ2v) is 7.11. The number of carbonyl (C=O) groups is 1. The molecule has 0 atom stereocenters. The number of hydrogen-bond acceptors (Lipinski definition) is 4. The van der Waals surface area contributed by atoms with E-state index in [2.05, 4.69) is 11.4 Å². The number of non-ortho nitro benzene ring substituents is 1. The number of benzene rings is 2. The molecule has 2 fully saturated rings. The van der Waals surface area contributed by atoms with E-state index in [-0.39, 0.29) is 17.0 Å². The molecule has 130 valence electrons. The van der Waals surface area contributed by atoms with Gasteiger partial charge in [0.1, 0.15) is 0 Å². The summed E-state index contributed by atoms with van der Waals surface area (Å²) in [5.74, 6) is -0.0967. The van der Waals surface area contributed by atoms with Crippen LogP contribution in [0.1, 0.15) is 36.8 Å². The minimum Gasteiger partial charge on any atom is -0.325 e. The van der Waals surface area contributed by atoms with Crippen molar-refractivity contribution < 1.29 is 9.72 Å². The van der Waals surface area contributed by atoms with Gasteiger partial charge in [0.05, 0.1) is 21.8 Å². The zero-order chi connectivity index (χ0) is 18.4. The smallest absolute Gasteiger partial charge is 0.269 e. The van der Waals surface area contributed by atoms with Crippen LogP contribution >= 0.6 is 0 Å². The van der Waals surface area contributed by atoms with Gasteiger partial charge in [0, 0.05) is 17.8 Å². The molecule has 2 aromatic rings. The predicted molar refractivity (Wildman–Crippen MR) is 95.6 cm³/mol. The van der Waals surface area contributed by atoms with E-state index < -0.39 is 10.3 Å². The molecule has 2 saturated carbocycles. The number of nitro benzene ring substituents is 1. The number of amides is 1. The molecule has 0 radical (unpaired) electrons. The van der Waals surface area contributed by atoms with Crippen LogP contribution in [0.25, 0.3) is 0 Å². The molecular formula is C20H17N3O3. The summed E-state index contributed by atoms with van der Waals surface area (Å²) < 4.78 is 0. The van der Waals surface area contributed by atoms with E-state index >= 15 is 0 Å². The van der Waals surface area contributed by atoms with E-state index in [1.165, 1.54) is 12.1 Å². The summed E-state index contributed by atoms with van der Waals surface area (Å²) in [5.41, 5.74) is 1.58. The summed E-state index contributed by atoms with van der Waals surface area (Å²) in [6.45, 7) is 0. The maximum Gasteiger partial charge on any atom is 0.269 e.